The van der Waals surface area contributed by atoms with Gasteiger partial charge in [0, 0.05) is 13.1 Å². The summed E-state index contributed by atoms with van der Waals surface area (Å²) in [5.74, 6) is 0. The highest BCUT2D eigenvalue weighted by atomic mass is 32.2. The highest BCUT2D eigenvalue weighted by Gasteiger charge is 2.27. The Morgan fingerprint density at radius 1 is 1.23 bits per heavy atom. The fourth-order valence-corrected chi connectivity index (χ4v) is 2.52. The predicted octanol–water partition coefficient (Wildman–Crippen LogP) is 2.41. The lowest BCUT2D eigenvalue weighted by Gasteiger charge is -2.24. The van der Waals surface area contributed by atoms with Gasteiger partial charge in [-0.25, -0.2) is 4.79 Å². The van der Waals surface area contributed by atoms with Gasteiger partial charge in [0.25, 0.3) is 10.1 Å². The van der Waals surface area contributed by atoms with Crippen molar-refractivity contribution in [2.24, 2.45) is 0 Å². The van der Waals surface area contributed by atoms with Crippen LogP contribution in [0.2, 0.25) is 0 Å². The second kappa shape index (κ2) is 5.89. The van der Waals surface area contributed by atoms with Crippen LogP contribution in [0.25, 0.3) is 0 Å². The van der Waals surface area contributed by atoms with Crippen molar-refractivity contribution in [3.63, 3.8) is 0 Å². The van der Waals surface area contributed by atoms with Crippen LogP contribution in [0.15, 0.2) is 18.2 Å². The van der Waals surface area contributed by atoms with Crippen LogP contribution in [-0.4, -0.2) is 31.3 Å². The summed E-state index contributed by atoms with van der Waals surface area (Å²) in [5.41, 5.74) is 2.25. The molecule has 7 heteroatoms. The Kier molecular flexibility index (Phi) is 4.49. The molecule has 0 atom stereocenters. The lowest BCUT2D eigenvalue weighted by atomic mass is 10.1. The molecule has 0 N–H and O–H groups in total. The van der Waals surface area contributed by atoms with E-state index in [1.54, 1.807) is 4.90 Å². The molecular weight excluding hydrogens is 306 g/mol. The van der Waals surface area contributed by atoms with Crippen LogP contribution in [0.4, 0.5) is 4.79 Å². The van der Waals surface area contributed by atoms with E-state index in [4.69, 9.17) is 8.92 Å². The average Bonchev–Trinajstić information content (AvgIpc) is 2.76. The first-order valence-corrected chi connectivity index (χ1v) is 8.78. The number of fused-ring (bicyclic) bond motifs is 1. The van der Waals surface area contributed by atoms with E-state index in [2.05, 4.69) is 0 Å². The summed E-state index contributed by atoms with van der Waals surface area (Å²) in [6.07, 6.45) is 0.669. The third-order valence-electron chi connectivity index (χ3n) is 3.08. The molecule has 0 fully saturated rings. The van der Waals surface area contributed by atoms with E-state index >= 15 is 0 Å². The summed E-state index contributed by atoms with van der Waals surface area (Å²) in [4.78, 5) is 13.7. The maximum absolute atomic E-state index is 12.1. The van der Waals surface area contributed by atoms with Crippen LogP contribution < -0.4 is 0 Å². The number of hydrogen-bond acceptors (Lipinski definition) is 5. The second-order valence-electron chi connectivity index (χ2n) is 6.41. The van der Waals surface area contributed by atoms with Crippen LogP contribution >= 0.6 is 0 Å². The SMILES string of the molecule is CC(C)(C)OC(=O)N1Cc2ccc(COS(C)(=O)=O)cc2C1. The van der Waals surface area contributed by atoms with E-state index in [0.29, 0.717) is 13.1 Å². The van der Waals surface area contributed by atoms with Crippen molar-refractivity contribution in [2.45, 2.75) is 46.1 Å². The fourth-order valence-electron chi connectivity index (χ4n) is 2.17. The van der Waals surface area contributed by atoms with Crippen molar-refractivity contribution < 1.29 is 22.1 Å². The number of rotatable bonds is 3. The molecule has 1 amide bonds. The number of hydrogen-bond donors (Lipinski definition) is 0. The molecule has 0 spiro atoms. The highest BCUT2D eigenvalue weighted by Crippen LogP contribution is 2.26. The molecule has 1 aromatic carbocycles. The molecule has 122 valence electrons. The van der Waals surface area contributed by atoms with Gasteiger partial charge in [0.1, 0.15) is 5.60 Å². The topological polar surface area (TPSA) is 72.9 Å². The average molecular weight is 327 g/mol. The molecule has 0 radical (unpaired) electrons. The van der Waals surface area contributed by atoms with Crippen LogP contribution in [0.1, 0.15) is 37.5 Å². The lowest BCUT2D eigenvalue weighted by Crippen LogP contribution is -2.33. The lowest BCUT2D eigenvalue weighted by molar-refractivity contribution is 0.0242. The molecule has 0 saturated heterocycles. The van der Waals surface area contributed by atoms with Gasteiger partial charge in [0.2, 0.25) is 0 Å². The zero-order valence-corrected chi connectivity index (χ0v) is 14.1. The Hall–Kier alpha value is -1.60. The summed E-state index contributed by atoms with van der Waals surface area (Å²) >= 11 is 0. The number of ether oxygens (including phenoxy) is 1. The first-order chi connectivity index (χ1) is 10.0. The van der Waals surface area contributed by atoms with E-state index in [1.165, 1.54) is 0 Å². The van der Waals surface area contributed by atoms with Crippen LogP contribution in [0.5, 0.6) is 0 Å². The van der Waals surface area contributed by atoms with Crippen LogP contribution in [0, 0.1) is 0 Å². The Morgan fingerprint density at radius 3 is 2.45 bits per heavy atom. The van der Waals surface area contributed by atoms with E-state index in [1.807, 2.05) is 39.0 Å². The zero-order chi connectivity index (χ0) is 16.5. The van der Waals surface area contributed by atoms with Crippen molar-refractivity contribution in [2.75, 3.05) is 6.26 Å². The molecule has 0 saturated carbocycles. The van der Waals surface area contributed by atoms with Gasteiger partial charge in [0.15, 0.2) is 0 Å². The van der Waals surface area contributed by atoms with Crippen molar-refractivity contribution in [1.82, 2.24) is 4.90 Å². The number of carbonyl (C=O) groups is 1. The normalized spacial score (nSPS) is 14.8. The summed E-state index contributed by atoms with van der Waals surface area (Å²) < 4.78 is 32.2. The third kappa shape index (κ3) is 4.71. The molecule has 6 nitrogen and oxygen atoms in total. The Balaban J connectivity index is 2.04. The summed E-state index contributed by atoms with van der Waals surface area (Å²) in [6, 6.07) is 5.56. The van der Waals surface area contributed by atoms with Crippen molar-refractivity contribution in [1.29, 1.82) is 0 Å². The van der Waals surface area contributed by atoms with Gasteiger partial charge in [-0.3, -0.25) is 9.08 Å². The maximum Gasteiger partial charge on any atom is 0.410 e. The van der Waals surface area contributed by atoms with Crippen molar-refractivity contribution >= 4 is 16.2 Å². The zero-order valence-electron chi connectivity index (χ0n) is 13.3. The number of nitrogens with zero attached hydrogens (tertiary/aromatic N) is 1. The van der Waals surface area contributed by atoms with Gasteiger partial charge in [0.05, 0.1) is 12.9 Å². The minimum atomic E-state index is -3.47. The van der Waals surface area contributed by atoms with Gasteiger partial charge in [-0.2, -0.15) is 8.42 Å². The molecule has 0 bridgehead atoms. The highest BCUT2D eigenvalue weighted by molar-refractivity contribution is 7.85. The molecular formula is C15H21NO5S. The quantitative estimate of drug-likeness (QED) is 0.797. The molecule has 1 heterocycles. The first-order valence-electron chi connectivity index (χ1n) is 6.96. The van der Waals surface area contributed by atoms with Gasteiger partial charge < -0.3 is 4.74 Å². The van der Waals surface area contributed by atoms with Crippen LogP contribution in [-0.2, 0) is 38.7 Å². The Bertz CT molecular complexity index is 676. The van der Waals surface area contributed by atoms with E-state index in [0.717, 1.165) is 22.9 Å². The third-order valence-corrected chi connectivity index (χ3v) is 3.63. The molecule has 22 heavy (non-hydrogen) atoms. The van der Waals surface area contributed by atoms with Crippen molar-refractivity contribution in [3.8, 4) is 0 Å². The van der Waals surface area contributed by atoms with Gasteiger partial charge in [-0.05, 0) is 37.5 Å². The molecule has 0 aromatic heterocycles. The maximum atomic E-state index is 12.1. The molecule has 0 aliphatic carbocycles. The summed E-state index contributed by atoms with van der Waals surface area (Å²) in [6.45, 7) is 6.44. The first kappa shape index (κ1) is 16.8. The second-order valence-corrected chi connectivity index (χ2v) is 8.05. The van der Waals surface area contributed by atoms with Crippen LogP contribution in [0.3, 0.4) is 0 Å². The molecule has 1 aliphatic heterocycles. The molecule has 2 rings (SSSR count). The summed E-state index contributed by atoms with van der Waals surface area (Å²) in [7, 11) is -3.47. The number of carbonyl (C=O) groups excluding carboxylic acids is 1. The van der Waals surface area contributed by atoms with E-state index in [9.17, 15) is 13.2 Å². The minimum Gasteiger partial charge on any atom is -0.444 e. The van der Waals surface area contributed by atoms with Crippen molar-refractivity contribution in [3.05, 3.63) is 34.9 Å². The standard InChI is InChI=1S/C15H21NO5S/c1-15(2,3)21-14(17)16-8-12-6-5-11(7-13(12)9-16)10-20-22(4,18)19/h5-7H,8-10H2,1-4H3. The fraction of sp³-hybridized carbons (Fsp3) is 0.533. The Labute approximate surface area is 131 Å². The smallest absolute Gasteiger partial charge is 0.410 e. The van der Waals surface area contributed by atoms with Gasteiger partial charge in [-0.1, -0.05) is 18.2 Å². The monoisotopic (exact) mass is 327 g/mol. The predicted molar refractivity (Wildman–Crippen MR) is 81.6 cm³/mol. The number of benzene rings is 1. The number of amides is 1. The largest absolute Gasteiger partial charge is 0.444 e. The minimum absolute atomic E-state index is 0.00144. The Morgan fingerprint density at radius 2 is 1.86 bits per heavy atom. The molecule has 1 aliphatic rings. The summed E-state index contributed by atoms with van der Waals surface area (Å²) in [5, 5.41) is 0. The van der Waals surface area contributed by atoms with E-state index < -0.39 is 15.7 Å². The van der Waals surface area contributed by atoms with E-state index in [-0.39, 0.29) is 12.7 Å². The molecule has 0 unspecified atom stereocenters. The molecule has 1 aromatic rings. The van der Waals surface area contributed by atoms with Gasteiger partial charge >= 0.3 is 6.09 Å². The van der Waals surface area contributed by atoms with Gasteiger partial charge in [-0.15, -0.1) is 0 Å².